The fourth-order valence-electron chi connectivity index (χ4n) is 2.44. The average molecular weight is 377 g/mol. The molecule has 0 aliphatic carbocycles. The molecular formula is C21H19N3O4. The van der Waals surface area contributed by atoms with Crippen LogP contribution in [0.15, 0.2) is 70.2 Å². The van der Waals surface area contributed by atoms with E-state index in [-0.39, 0.29) is 18.0 Å². The Morgan fingerprint density at radius 3 is 2.64 bits per heavy atom. The highest BCUT2D eigenvalue weighted by molar-refractivity contribution is 5.89. The van der Waals surface area contributed by atoms with Gasteiger partial charge in [-0.25, -0.2) is 10.2 Å². The van der Waals surface area contributed by atoms with Crippen molar-refractivity contribution < 1.29 is 19.1 Å². The zero-order valence-electron chi connectivity index (χ0n) is 15.2. The molecule has 0 bridgehead atoms. The van der Waals surface area contributed by atoms with E-state index in [1.807, 2.05) is 31.2 Å². The van der Waals surface area contributed by atoms with Crippen LogP contribution in [0.3, 0.4) is 0 Å². The van der Waals surface area contributed by atoms with Gasteiger partial charge in [0.25, 0.3) is 5.91 Å². The summed E-state index contributed by atoms with van der Waals surface area (Å²) in [5.41, 5.74) is 5.24. The van der Waals surface area contributed by atoms with E-state index in [0.29, 0.717) is 17.1 Å². The number of nitrogens with zero attached hydrogens (tertiary/aromatic N) is 1. The molecular weight excluding hydrogens is 358 g/mol. The monoisotopic (exact) mass is 377 g/mol. The van der Waals surface area contributed by atoms with E-state index in [1.165, 1.54) is 18.3 Å². The number of carbonyl (C=O) groups is 2. The standard InChI is InChI=1S/C21H19N3O4/c1-14-5-7-17(8-6-14)22-13-20(25)24-23-12-18-9-10-19(28-18)15-3-2-4-16(11-15)21(26)27/h2-12,22H,13H2,1H3,(H,24,25)(H,26,27)/b23-12-. The second kappa shape index (κ2) is 8.68. The zero-order chi connectivity index (χ0) is 19.9. The molecule has 0 saturated carbocycles. The molecule has 28 heavy (non-hydrogen) atoms. The molecule has 0 fully saturated rings. The number of carbonyl (C=O) groups excluding carboxylic acids is 1. The van der Waals surface area contributed by atoms with Gasteiger partial charge in [-0.05, 0) is 43.3 Å². The summed E-state index contributed by atoms with van der Waals surface area (Å²) in [6.45, 7) is 2.08. The first-order valence-corrected chi connectivity index (χ1v) is 8.57. The highest BCUT2D eigenvalue weighted by Crippen LogP contribution is 2.22. The number of anilines is 1. The Kier molecular flexibility index (Phi) is 5.86. The number of hydrazone groups is 1. The van der Waals surface area contributed by atoms with Gasteiger partial charge < -0.3 is 14.8 Å². The topological polar surface area (TPSA) is 104 Å². The Morgan fingerprint density at radius 2 is 1.89 bits per heavy atom. The molecule has 7 heteroatoms. The van der Waals surface area contributed by atoms with Crippen LogP contribution in [0.25, 0.3) is 11.3 Å². The maximum atomic E-state index is 11.8. The average Bonchev–Trinajstić information content (AvgIpc) is 3.16. The molecule has 0 saturated heterocycles. The predicted octanol–water partition coefficient (Wildman–Crippen LogP) is 3.52. The van der Waals surface area contributed by atoms with E-state index < -0.39 is 5.97 Å². The number of aromatic carboxylic acids is 1. The first kappa shape index (κ1) is 18.9. The largest absolute Gasteiger partial charge is 0.478 e. The number of amides is 1. The van der Waals surface area contributed by atoms with Gasteiger partial charge in [-0.2, -0.15) is 5.10 Å². The summed E-state index contributed by atoms with van der Waals surface area (Å²) in [6, 6.07) is 17.5. The highest BCUT2D eigenvalue weighted by atomic mass is 16.4. The Balaban J connectivity index is 1.53. The van der Waals surface area contributed by atoms with E-state index in [9.17, 15) is 9.59 Å². The molecule has 0 aliphatic heterocycles. The van der Waals surface area contributed by atoms with Crippen LogP contribution >= 0.6 is 0 Å². The minimum atomic E-state index is -1.00. The lowest BCUT2D eigenvalue weighted by molar-refractivity contribution is -0.119. The second-order valence-corrected chi connectivity index (χ2v) is 6.10. The predicted molar refractivity (Wildman–Crippen MR) is 107 cm³/mol. The third kappa shape index (κ3) is 5.07. The summed E-state index contributed by atoms with van der Waals surface area (Å²) in [5.74, 6) is -0.352. The highest BCUT2D eigenvalue weighted by Gasteiger charge is 2.08. The van der Waals surface area contributed by atoms with Gasteiger partial charge in [0, 0.05) is 11.3 Å². The summed E-state index contributed by atoms with van der Waals surface area (Å²) in [4.78, 5) is 22.9. The fourth-order valence-corrected chi connectivity index (χ4v) is 2.44. The van der Waals surface area contributed by atoms with Crippen LogP contribution in [0.2, 0.25) is 0 Å². The van der Waals surface area contributed by atoms with Crippen LogP contribution in [-0.2, 0) is 4.79 Å². The van der Waals surface area contributed by atoms with Gasteiger partial charge >= 0.3 is 5.97 Å². The third-order valence-electron chi connectivity index (χ3n) is 3.91. The lowest BCUT2D eigenvalue weighted by Gasteiger charge is -2.05. The van der Waals surface area contributed by atoms with Crippen molar-refractivity contribution in [2.45, 2.75) is 6.92 Å². The van der Waals surface area contributed by atoms with Gasteiger partial charge in [0.1, 0.15) is 11.5 Å². The summed E-state index contributed by atoms with van der Waals surface area (Å²) in [6.07, 6.45) is 1.38. The van der Waals surface area contributed by atoms with E-state index in [2.05, 4.69) is 15.8 Å². The molecule has 2 aromatic carbocycles. The zero-order valence-corrected chi connectivity index (χ0v) is 15.2. The minimum absolute atomic E-state index is 0.0891. The summed E-state index contributed by atoms with van der Waals surface area (Å²) >= 11 is 0. The maximum absolute atomic E-state index is 11.8. The van der Waals surface area contributed by atoms with Gasteiger partial charge in [-0.3, -0.25) is 4.79 Å². The summed E-state index contributed by atoms with van der Waals surface area (Å²) < 4.78 is 5.62. The molecule has 1 heterocycles. The van der Waals surface area contributed by atoms with Crippen molar-refractivity contribution in [1.29, 1.82) is 0 Å². The molecule has 0 unspecified atom stereocenters. The first-order chi connectivity index (χ1) is 13.5. The quantitative estimate of drug-likeness (QED) is 0.432. The summed E-state index contributed by atoms with van der Waals surface area (Å²) in [7, 11) is 0. The number of hydrogen-bond donors (Lipinski definition) is 3. The molecule has 3 rings (SSSR count). The number of carboxylic acids is 1. The smallest absolute Gasteiger partial charge is 0.335 e. The van der Waals surface area contributed by atoms with Crippen molar-refractivity contribution in [2.24, 2.45) is 5.10 Å². The lowest BCUT2D eigenvalue weighted by Crippen LogP contribution is -2.25. The summed E-state index contributed by atoms with van der Waals surface area (Å²) in [5, 5.41) is 15.9. The molecule has 3 aromatic rings. The van der Waals surface area contributed by atoms with Crippen molar-refractivity contribution in [1.82, 2.24) is 5.43 Å². The van der Waals surface area contributed by atoms with E-state index >= 15 is 0 Å². The number of rotatable bonds is 7. The van der Waals surface area contributed by atoms with Crippen LogP contribution in [0.1, 0.15) is 21.7 Å². The molecule has 0 radical (unpaired) electrons. The van der Waals surface area contributed by atoms with Crippen molar-refractivity contribution in [3.8, 4) is 11.3 Å². The molecule has 1 aromatic heterocycles. The van der Waals surface area contributed by atoms with Gasteiger partial charge in [0.2, 0.25) is 0 Å². The van der Waals surface area contributed by atoms with Gasteiger partial charge in [-0.1, -0.05) is 29.8 Å². The lowest BCUT2D eigenvalue weighted by atomic mass is 10.1. The first-order valence-electron chi connectivity index (χ1n) is 8.57. The molecule has 142 valence electrons. The van der Waals surface area contributed by atoms with Crippen molar-refractivity contribution >= 4 is 23.8 Å². The Labute approximate surface area is 161 Å². The van der Waals surface area contributed by atoms with E-state index in [1.54, 1.807) is 24.3 Å². The van der Waals surface area contributed by atoms with E-state index in [4.69, 9.17) is 9.52 Å². The number of furan rings is 1. The number of benzene rings is 2. The van der Waals surface area contributed by atoms with Crippen molar-refractivity contribution in [3.63, 3.8) is 0 Å². The van der Waals surface area contributed by atoms with Crippen molar-refractivity contribution in [2.75, 3.05) is 11.9 Å². The Morgan fingerprint density at radius 1 is 1.11 bits per heavy atom. The van der Waals surface area contributed by atoms with Gasteiger partial charge in [0.15, 0.2) is 0 Å². The molecule has 3 N–H and O–H groups in total. The SMILES string of the molecule is Cc1ccc(NCC(=O)N/N=C\c2ccc(-c3cccc(C(=O)O)c3)o2)cc1. The van der Waals surface area contributed by atoms with Gasteiger partial charge in [0.05, 0.1) is 18.3 Å². The van der Waals surface area contributed by atoms with E-state index in [0.717, 1.165) is 11.3 Å². The second-order valence-electron chi connectivity index (χ2n) is 6.10. The van der Waals surface area contributed by atoms with Crippen LogP contribution < -0.4 is 10.7 Å². The fraction of sp³-hybridized carbons (Fsp3) is 0.0952. The number of aryl methyl sites for hydroxylation is 1. The number of carboxylic acid groups (broad SMARTS) is 1. The van der Waals surface area contributed by atoms with Crippen molar-refractivity contribution in [3.05, 3.63) is 77.6 Å². The van der Waals surface area contributed by atoms with Crippen LogP contribution in [0, 0.1) is 6.92 Å². The normalized spacial score (nSPS) is 10.8. The third-order valence-corrected chi connectivity index (χ3v) is 3.91. The van der Waals surface area contributed by atoms with Crippen LogP contribution in [0.5, 0.6) is 0 Å². The molecule has 0 aliphatic rings. The van der Waals surface area contributed by atoms with Crippen LogP contribution in [-0.4, -0.2) is 29.7 Å². The number of hydrogen-bond acceptors (Lipinski definition) is 5. The van der Waals surface area contributed by atoms with Crippen LogP contribution in [0.4, 0.5) is 5.69 Å². The Bertz CT molecular complexity index is 1010. The number of nitrogens with one attached hydrogen (secondary N) is 2. The molecule has 0 spiro atoms. The Hall–Kier alpha value is -3.87. The van der Waals surface area contributed by atoms with Gasteiger partial charge in [-0.15, -0.1) is 0 Å². The molecule has 7 nitrogen and oxygen atoms in total. The minimum Gasteiger partial charge on any atom is -0.478 e. The molecule has 0 atom stereocenters. The molecule has 1 amide bonds. The maximum Gasteiger partial charge on any atom is 0.335 e.